The highest BCUT2D eigenvalue weighted by atomic mass is 16.2. The molecule has 0 atom stereocenters. The molecule has 1 fully saturated rings. The minimum atomic E-state index is -0.260. The van der Waals surface area contributed by atoms with E-state index < -0.39 is 0 Å². The summed E-state index contributed by atoms with van der Waals surface area (Å²) >= 11 is 0. The van der Waals surface area contributed by atoms with E-state index in [1.807, 2.05) is 25.3 Å². The summed E-state index contributed by atoms with van der Waals surface area (Å²) in [6.45, 7) is 3.51. The van der Waals surface area contributed by atoms with Crippen LogP contribution in [0.4, 0.5) is 4.79 Å². The Labute approximate surface area is 165 Å². The van der Waals surface area contributed by atoms with E-state index in [0.717, 1.165) is 36.3 Å². The van der Waals surface area contributed by atoms with Crippen molar-refractivity contribution in [2.45, 2.75) is 58.2 Å². The van der Waals surface area contributed by atoms with Crippen molar-refractivity contribution in [3.05, 3.63) is 53.6 Å². The van der Waals surface area contributed by atoms with Gasteiger partial charge in [-0.25, -0.2) is 9.78 Å². The molecule has 3 N–H and O–H groups in total. The number of rotatable bonds is 8. The fourth-order valence-electron chi connectivity index (χ4n) is 3.51. The van der Waals surface area contributed by atoms with E-state index in [-0.39, 0.29) is 11.9 Å². The average Bonchev–Trinajstić information content (AvgIpc) is 3.32. The third kappa shape index (κ3) is 6.11. The summed E-state index contributed by atoms with van der Waals surface area (Å²) in [6, 6.07) is 8.17. The van der Waals surface area contributed by atoms with Gasteiger partial charge < -0.3 is 20.5 Å². The number of nitrogens with zero attached hydrogens (tertiary/aromatic N) is 2. The normalized spacial score (nSPS) is 14.0. The molecule has 0 bridgehead atoms. The number of imidazole rings is 1. The molecule has 1 heterocycles. The van der Waals surface area contributed by atoms with Crippen molar-refractivity contribution in [3.63, 3.8) is 0 Å². The Hall–Kier alpha value is -2.83. The predicted molar refractivity (Wildman–Crippen MR) is 108 cm³/mol. The Morgan fingerprint density at radius 1 is 1.18 bits per heavy atom. The lowest BCUT2D eigenvalue weighted by Gasteiger charge is -2.12. The SMILES string of the molecule is Cc1nccn1Cc1cccc(CNC(=O)NCCC(=O)NC2CCCC2)c1. The highest BCUT2D eigenvalue weighted by Crippen LogP contribution is 2.17. The van der Waals surface area contributed by atoms with E-state index in [4.69, 9.17) is 0 Å². The molecule has 0 saturated heterocycles. The van der Waals surface area contributed by atoms with Crippen molar-refractivity contribution in [2.24, 2.45) is 0 Å². The van der Waals surface area contributed by atoms with Gasteiger partial charge in [0, 0.05) is 44.5 Å². The topological polar surface area (TPSA) is 88.1 Å². The van der Waals surface area contributed by atoms with E-state index >= 15 is 0 Å². The molecular weight excluding hydrogens is 354 g/mol. The Morgan fingerprint density at radius 2 is 1.96 bits per heavy atom. The second-order valence-corrected chi connectivity index (χ2v) is 7.33. The number of aromatic nitrogens is 2. The second kappa shape index (κ2) is 9.92. The largest absolute Gasteiger partial charge is 0.353 e. The van der Waals surface area contributed by atoms with E-state index in [9.17, 15) is 9.59 Å². The zero-order valence-electron chi connectivity index (χ0n) is 16.4. The number of carbonyl (C=O) groups excluding carboxylic acids is 2. The maximum absolute atomic E-state index is 12.0. The van der Waals surface area contributed by atoms with Crippen molar-refractivity contribution < 1.29 is 9.59 Å². The molecule has 0 unspecified atom stereocenters. The summed E-state index contributed by atoms with van der Waals surface area (Å²) < 4.78 is 2.08. The van der Waals surface area contributed by atoms with Crippen LogP contribution in [0.2, 0.25) is 0 Å². The van der Waals surface area contributed by atoms with Crippen LogP contribution >= 0.6 is 0 Å². The number of hydrogen-bond donors (Lipinski definition) is 3. The lowest BCUT2D eigenvalue weighted by molar-refractivity contribution is -0.121. The Balaban J connectivity index is 1.36. The zero-order chi connectivity index (χ0) is 19.8. The number of amides is 3. The summed E-state index contributed by atoms with van der Waals surface area (Å²) in [4.78, 5) is 28.1. The van der Waals surface area contributed by atoms with Crippen molar-refractivity contribution in [1.82, 2.24) is 25.5 Å². The molecule has 1 aliphatic carbocycles. The van der Waals surface area contributed by atoms with Gasteiger partial charge in [-0.1, -0.05) is 37.1 Å². The van der Waals surface area contributed by atoms with Gasteiger partial charge in [0.2, 0.25) is 5.91 Å². The van der Waals surface area contributed by atoms with Gasteiger partial charge in [0.15, 0.2) is 0 Å². The molecule has 7 nitrogen and oxygen atoms in total. The van der Waals surface area contributed by atoms with E-state index in [1.165, 1.54) is 12.8 Å². The molecule has 0 aliphatic heterocycles. The van der Waals surface area contributed by atoms with Crippen molar-refractivity contribution in [1.29, 1.82) is 0 Å². The van der Waals surface area contributed by atoms with Gasteiger partial charge in [-0.15, -0.1) is 0 Å². The first-order chi connectivity index (χ1) is 13.6. The van der Waals surface area contributed by atoms with Crippen LogP contribution in [0, 0.1) is 6.92 Å². The molecule has 3 amide bonds. The summed E-state index contributed by atoms with van der Waals surface area (Å²) in [5.41, 5.74) is 2.19. The highest BCUT2D eigenvalue weighted by molar-refractivity contribution is 5.78. The number of hydrogen-bond acceptors (Lipinski definition) is 3. The standard InChI is InChI=1S/C21H29N5O2/c1-16-22-11-12-26(16)15-18-6-4-5-17(13-18)14-24-21(28)23-10-9-20(27)25-19-7-2-3-8-19/h4-6,11-13,19H,2-3,7-10,14-15H2,1H3,(H,25,27)(H2,23,24,28). The quantitative estimate of drug-likeness (QED) is 0.654. The molecule has 0 spiro atoms. The van der Waals surface area contributed by atoms with Crippen molar-refractivity contribution >= 4 is 11.9 Å². The minimum Gasteiger partial charge on any atom is -0.353 e. The van der Waals surface area contributed by atoms with Crippen molar-refractivity contribution in [3.8, 4) is 0 Å². The molecule has 3 rings (SSSR count). The predicted octanol–water partition coefficient (Wildman–Crippen LogP) is 2.49. The van der Waals surface area contributed by atoms with Crippen LogP contribution in [0.15, 0.2) is 36.7 Å². The molecule has 1 aliphatic rings. The molecule has 7 heteroatoms. The molecule has 2 aromatic rings. The first-order valence-corrected chi connectivity index (χ1v) is 9.97. The smallest absolute Gasteiger partial charge is 0.315 e. The van der Waals surface area contributed by atoms with Crippen LogP contribution in [0.25, 0.3) is 0 Å². The van der Waals surface area contributed by atoms with Crippen LogP contribution in [0.1, 0.15) is 49.1 Å². The maximum atomic E-state index is 12.0. The van der Waals surface area contributed by atoms with Gasteiger partial charge in [0.05, 0.1) is 0 Å². The lowest BCUT2D eigenvalue weighted by Crippen LogP contribution is -2.39. The molecule has 1 aromatic carbocycles. The van der Waals surface area contributed by atoms with Crippen LogP contribution in [-0.2, 0) is 17.9 Å². The third-order valence-corrected chi connectivity index (χ3v) is 5.08. The lowest BCUT2D eigenvalue weighted by atomic mass is 10.1. The number of nitrogens with one attached hydrogen (secondary N) is 3. The number of carbonyl (C=O) groups is 2. The van der Waals surface area contributed by atoms with Crippen LogP contribution < -0.4 is 16.0 Å². The number of urea groups is 1. The van der Waals surface area contributed by atoms with Gasteiger partial charge >= 0.3 is 6.03 Å². The van der Waals surface area contributed by atoms with E-state index in [0.29, 0.717) is 25.6 Å². The maximum Gasteiger partial charge on any atom is 0.315 e. The monoisotopic (exact) mass is 383 g/mol. The molecular formula is C21H29N5O2. The summed E-state index contributed by atoms with van der Waals surface area (Å²) in [5.74, 6) is 0.981. The second-order valence-electron chi connectivity index (χ2n) is 7.33. The summed E-state index contributed by atoms with van der Waals surface area (Å²) in [6.07, 6.45) is 8.57. The summed E-state index contributed by atoms with van der Waals surface area (Å²) in [7, 11) is 0. The van der Waals surface area contributed by atoms with Crippen LogP contribution in [0.3, 0.4) is 0 Å². The fraction of sp³-hybridized carbons (Fsp3) is 0.476. The van der Waals surface area contributed by atoms with Gasteiger partial charge in [-0.2, -0.15) is 0 Å². The van der Waals surface area contributed by atoms with Crippen LogP contribution in [-0.4, -0.2) is 34.1 Å². The third-order valence-electron chi connectivity index (χ3n) is 5.08. The first-order valence-electron chi connectivity index (χ1n) is 9.97. The van der Waals surface area contributed by atoms with Gasteiger partial charge in [0.25, 0.3) is 0 Å². The zero-order valence-corrected chi connectivity index (χ0v) is 16.4. The van der Waals surface area contributed by atoms with Gasteiger partial charge in [0.1, 0.15) is 5.82 Å². The minimum absolute atomic E-state index is 0.00898. The average molecular weight is 383 g/mol. The van der Waals surface area contributed by atoms with Gasteiger partial charge in [-0.3, -0.25) is 4.79 Å². The Bertz CT molecular complexity index is 796. The Morgan fingerprint density at radius 3 is 2.71 bits per heavy atom. The summed E-state index contributed by atoms with van der Waals surface area (Å²) in [5, 5.41) is 8.61. The van der Waals surface area contributed by atoms with Gasteiger partial charge in [-0.05, 0) is 30.9 Å². The van der Waals surface area contributed by atoms with Crippen molar-refractivity contribution in [2.75, 3.05) is 6.54 Å². The fourth-order valence-corrected chi connectivity index (χ4v) is 3.51. The molecule has 150 valence electrons. The first kappa shape index (κ1) is 19.9. The van der Waals surface area contributed by atoms with Crippen LogP contribution in [0.5, 0.6) is 0 Å². The molecule has 1 aromatic heterocycles. The Kier molecular flexibility index (Phi) is 7.06. The highest BCUT2D eigenvalue weighted by Gasteiger charge is 2.16. The van der Waals surface area contributed by atoms with E-state index in [1.54, 1.807) is 6.20 Å². The molecule has 28 heavy (non-hydrogen) atoms. The number of benzene rings is 1. The van der Waals surface area contributed by atoms with E-state index in [2.05, 4.69) is 37.6 Å². The molecule has 0 radical (unpaired) electrons. The number of aryl methyl sites for hydroxylation is 1. The molecule has 1 saturated carbocycles.